The average Bonchev–Trinajstić information content (AvgIpc) is 3.19. The number of benzene rings is 1. The van der Waals surface area contributed by atoms with Gasteiger partial charge < -0.3 is 5.32 Å². The van der Waals surface area contributed by atoms with Crippen LogP contribution in [0.4, 0.5) is 5.82 Å². The lowest BCUT2D eigenvalue weighted by atomic mass is 10.1. The highest BCUT2D eigenvalue weighted by molar-refractivity contribution is 6.09. The maximum absolute atomic E-state index is 12.9. The van der Waals surface area contributed by atoms with Gasteiger partial charge in [0.2, 0.25) is 0 Å². The van der Waals surface area contributed by atoms with Gasteiger partial charge in [0.05, 0.1) is 5.39 Å². The van der Waals surface area contributed by atoms with Crippen molar-refractivity contribution in [2.45, 2.75) is 32.2 Å². The topological polar surface area (TPSA) is 93.4 Å². The van der Waals surface area contributed by atoms with Crippen molar-refractivity contribution in [3.05, 3.63) is 47.8 Å². The second-order valence-electron chi connectivity index (χ2n) is 7.13. The van der Waals surface area contributed by atoms with Crippen LogP contribution in [-0.4, -0.2) is 35.7 Å². The molecule has 3 heterocycles. The first kappa shape index (κ1) is 16.7. The van der Waals surface area contributed by atoms with Crippen LogP contribution >= 0.6 is 0 Å². The van der Waals surface area contributed by atoms with Crippen LogP contribution < -0.4 is 5.32 Å². The number of hydrogen-bond acceptors (Lipinski definition) is 4. The van der Waals surface area contributed by atoms with Crippen LogP contribution in [0, 0.1) is 0 Å². The fourth-order valence-electron chi connectivity index (χ4n) is 3.61. The van der Waals surface area contributed by atoms with Gasteiger partial charge in [0, 0.05) is 30.8 Å². The number of carbonyl (C=O) groups is 1. The Bertz CT molecular complexity index is 1160. The maximum Gasteiger partial charge on any atom is 0.277 e. The molecule has 0 aliphatic heterocycles. The van der Waals surface area contributed by atoms with Crippen molar-refractivity contribution in [2.24, 2.45) is 7.05 Å². The van der Waals surface area contributed by atoms with E-state index in [0.29, 0.717) is 23.1 Å². The third kappa shape index (κ3) is 2.69. The smallest absolute Gasteiger partial charge is 0.277 e. The molecule has 28 heavy (non-hydrogen) atoms. The molecule has 0 saturated heterocycles. The quantitative estimate of drug-likeness (QED) is 0.560. The summed E-state index contributed by atoms with van der Waals surface area (Å²) in [6.07, 6.45) is 2.34. The van der Waals surface area contributed by atoms with Crippen molar-refractivity contribution in [2.75, 3.05) is 5.32 Å². The van der Waals surface area contributed by atoms with Crippen LogP contribution in [0.1, 0.15) is 41.9 Å². The van der Waals surface area contributed by atoms with Crippen LogP contribution in [-0.2, 0) is 13.6 Å². The number of hydrogen-bond donors (Lipinski definition) is 2. The minimum atomic E-state index is -0.248. The minimum absolute atomic E-state index is 0.248. The monoisotopic (exact) mass is 375 g/mol. The molecule has 1 aromatic carbocycles. The highest BCUT2D eigenvalue weighted by Gasteiger charge is 2.29. The van der Waals surface area contributed by atoms with Crippen LogP contribution in [0.25, 0.3) is 22.3 Å². The zero-order chi connectivity index (χ0) is 19.3. The molecule has 0 atom stereocenters. The Morgan fingerprint density at radius 3 is 2.75 bits per heavy atom. The summed E-state index contributed by atoms with van der Waals surface area (Å²) in [4.78, 5) is 12.9. The molecule has 1 aliphatic carbocycles. The normalized spacial score (nSPS) is 13.9. The van der Waals surface area contributed by atoms with E-state index in [-0.39, 0.29) is 5.91 Å². The SMILES string of the molecule is CCn1nc(C(=O)Nc2[nH]nc3c2c(-c2ccccc2)nn3C)cc1C1CC1. The molecule has 5 rings (SSSR count). The first-order valence-electron chi connectivity index (χ1n) is 9.51. The number of nitrogens with zero attached hydrogens (tertiary/aromatic N) is 5. The third-order valence-corrected chi connectivity index (χ3v) is 5.17. The number of amides is 1. The van der Waals surface area contributed by atoms with E-state index in [1.165, 1.54) is 12.8 Å². The van der Waals surface area contributed by atoms with Crippen LogP contribution in [0.15, 0.2) is 36.4 Å². The molecular weight excluding hydrogens is 354 g/mol. The van der Waals surface area contributed by atoms with Gasteiger partial charge in [-0.25, -0.2) is 4.68 Å². The molecule has 1 saturated carbocycles. The van der Waals surface area contributed by atoms with Crippen molar-refractivity contribution in [3.8, 4) is 11.3 Å². The van der Waals surface area contributed by atoms with Crippen molar-refractivity contribution < 1.29 is 4.79 Å². The number of aryl methyl sites for hydroxylation is 2. The molecule has 2 N–H and O–H groups in total. The van der Waals surface area contributed by atoms with E-state index in [9.17, 15) is 4.79 Å². The number of aromatic amines is 1. The predicted molar refractivity (Wildman–Crippen MR) is 106 cm³/mol. The largest absolute Gasteiger partial charge is 0.305 e. The van der Waals surface area contributed by atoms with Gasteiger partial charge in [0.15, 0.2) is 11.3 Å². The van der Waals surface area contributed by atoms with E-state index in [1.54, 1.807) is 4.68 Å². The molecule has 0 radical (unpaired) electrons. The van der Waals surface area contributed by atoms with Crippen molar-refractivity contribution in [3.63, 3.8) is 0 Å². The Morgan fingerprint density at radius 2 is 2.04 bits per heavy atom. The summed E-state index contributed by atoms with van der Waals surface area (Å²) < 4.78 is 3.63. The average molecular weight is 375 g/mol. The molecule has 142 valence electrons. The molecule has 8 nitrogen and oxygen atoms in total. The fourth-order valence-corrected chi connectivity index (χ4v) is 3.61. The van der Waals surface area contributed by atoms with Crippen molar-refractivity contribution in [1.82, 2.24) is 29.8 Å². The fraction of sp³-hybridized carbons (Fsp3) is 0.300. The standard InChI is InChI=1S/C20H21N7O/c1-3-27-15(12-9-10-12)11-14(24-27)20(28)21-18-16-17(13-7-5-4-6-8-13)25-26(2)19(16)23-22-18/h4-8,11-12H,3,9-10H2,1-2H3,(H2,21,22,23,28). The van der Waals surface area contributed by atoms with Gasteiger partial charge in [-0.15, -0.1) is 0 Å². The van der Waals surface area contributed by atoms with Gasteiger partial charge in [-0.3, -0.25) is 14.6 Å². The molecule has 3 aromatic heterocycles. The third-order valence-electron chi connectivity index (χ3n) is 5.17. The summed E-state index contributed by atoms with van der Waals surface area (Å²) in [5, 5.41) is 20.1. The highest BCUT2D eigenvalue weighted by atomic mass is 16.2. The van der Waals surface area contributed by atoms with E-state index in [2.05, 4.69) is 25.7 Å². The minimum Gasteiger partial charge on any atom is -0.305 e. The van der Waals surface area contributed by atoms with E-state index < -0.39 is 0 Å². The number of H-pyrrole nitrogens is 1. The van der Waals surface area contributed by atoms with Gasteiger partial charge in [0.1, 0.15) is 11.5 Å². The lowest BCUT2D eigenvalue weighted by Crippen LogP contribution is -2.14. The molecule has 0 unspecified atom stereocenters. The van der Waals surface area contributed by atoms with Gasteiger partial charge in [-0.1, -0.05) is 30.3 Å². The molecular formula is C20H21N7O. The van der Waals surface area contributed by atoms with E-state index >= 15 is 0 Å². The zero-order valence-electron chi connectivity index (χ0n) is 15.8. The van der Waals surface area contributed by atoms with E-state index in [1.807, 2.05) is 55.1 Å². The summed E-state index contributed by atoms with van der Waals surface area (Å²) in [6, 6.07) is 11.8. The Labute approximate surface area is 161 Å². The van der Waals surface area contributed by atoms with Crippen LogP contribution in [0.3, 0.4) is 0 Å². The first-order valence-corrected chi connectivity index (χ1v) is 9.51. The molecule has 1 aliphatic rings. The van der Waals surface area contributed by atoms with Gasteiger partial charge in [-0.2, -0.15) is 15.3 Å². The summed E-state index contributed by atoms with van der Waals surface area (Å²) in [5.41, 5.74) is 4.01. The predicted octanol–water partition coefficient (Wildman–Crippen LogP) is 3.31. The summed E-state index contributed by atoms with van der Waals surface area (Å²) >= 11 is 0. The number of rotatable bonds is 5. The second kappa shape index (κ2) is 6.33. The summed E-state index contributed by atoms with van der Waals surface area (Å²) in [6.45, 7) is 2.80. The number of nitrogens with one attached hydrogen (secondary N) is 2. The second-order valence-corrected chi connectivity index (χ2v) is 7.13. The van der Waals surface area contributed by atoms with Crippen LogP contribution in [0.2, 0.25) is 0 Å². The molecule has 1 fully saturated rings. The number of aromatic nitrogens is 6. The van der Waals surface area contributed by atoms with E-state index in [4.69, 9.17) is 0 Å². The van der Waals surface area contributed by atoms with Gasteiger partial charge in [-0.05, 0) is 25.8 Å². The van der Waals surface area contributed by atoms with Crippen molar-refractivity contribution in [1.29, 1.82) is 0 Å². The summed E-state index contributed by atoms with van der Waals surface area (Å²) in [7, 11) is 1.84. The first-order chi connectivity index (χ1) is 13.7. The molecule has 1 amide bonds. The number of fused-ring (bicyclic) bond motifs is 1. The van der Waals surface area contributed by atoms with Crippen LogP contribution in [0.5, 0.6) is 0 Å². The molecule has 8 heteroatoms. The van der Waals surface area contributed by atoms with Gasteiger partial charge >= 0.3 is 0 Å². The molecule has 0 bridgehead atoms. The Hall–Kier alpha value is -3.42. The van der Waals surface area contributed by atoms with E-state index in [0.717, 1.165) is 28.9 Å². The Kier molecular flexibility index (Phi) is 3.78. The zero-order valence-corrected chi connectivity index (χ0v) is 15.8. The highest BCUT2D eigenvalue weighted by Crippen LogP contribution is 2.40. The number of carbonyl (C=O) groups excluding carboxylic acids is 1. The molecule has 4 aromatic rings. The lowest BCUT2D eigenvalue weighted by Gasteiger charge is -2.02. The Balaban J connectivity index is 1.51. The van der Waals surface area contributed by atoms with Crippen molar-refractivity contribution >= 4 is 22.8 Å². The summed E-state index contributed by atoms with van der Waals surface area (Å²) in [5.74, 6) is 0.823. The number of anilines is 1. The molecule has 0 spiro atoms. The lowest BCUT2D eigenvalue weighted by molar-refractivity contribution is 0.102. The Morgan fingerprint density at radius 1 is 1.25 bits per heavy atom. The van der Waals surface area contributed by atoms with Gasteiger partial charge in [0.25, 0.3) is 5.91 Å². The maximum atomic E-state index is 12.9.